The molecule has 0 aliphatic carbocycles. The quantitative estimate of drug-likeness (QED) is 0.475. The van der Waals surface area contributed by atoms with Crippen molar-refractivity contribution in [1.82, 2.24) is 20.1 Å². The topological polar surface area (TPSA) is 71.1 Å². The Hall–Kier alpha value is -3.45. The minimum atomic E-state index is -0.476. The molecule has 0 fully saturated rings. The molecule has 2 aromatic heterocycles. The maximum atomic E-state index is 14.8. The molecule has 4 rings (SSSR count). The van der Waals surface area contributed by atoms with Gasteiger partial charge in [-0.15, -0.1) is 0 Å². The number of rotatable bonds is 5. The Balaban J connectivity index is 1.75. The lowest BCUT2D eigenvalue weighted by molar-refractivity contribution is 0.0827. The van der Waals surface area contributed by atoms with Crippen LogP contribution in [0.15, 0.2) is 48.7 Å². The number of carbonyl (C=O) groups is 1. The van der Waals surface area contributed by atoms with Crippen molar-refractivity contribution in [2.24, 2.45) is 0 Å². The minimum Gasteiger partial charge on any atom is -0.487 e. The zero-order valence-electron chi connectivity index (χ0n) is 17.2. The van der Waals surface area contributed by atoms with Gasteiger partial charge in [-0.3, -0.25) is 9.89 Å². The molecule has 1 amide bonds. The molecule has 0 aliphatic heterocycles. The number of pyridine rings is 1. The molecule has 0 radical (unpaired) electrons. The van der Waals surface area contributed by atoms with Crippen molar-refractivity contribution in [3.63, 3.8) is 0 Å². The maximum Gasteiger partial charge on any atom is 0.253 e. The normalized spacial score (nSPS) is 11.0. The minimum absolute atomic E-state index is 0.175. The summed E-state index contributed by atoms with van der Waals surface area (Å²) in [6, 6.07) is 11.4. The van der Waals surface area contributed by atoms with E-state index < -0.39 is 5.82 Å². The highest BCUT2D eigenvalue weighted by Crippen LogP contribution is 2.37. The number of carbonyl (C=O) groups excluding carboxylic acids is 1. The van der Waals surface area contributed by atoms with Gasteiger partial charge in [0.25, 0.3) is 5.91 Å². The molecule has 0 spiro atoms. The summed E-state index contributed by atoms with van der Waals surface area (Å²) in [5.74, 6) is -0.253. The fraction of sp³-hybridized carbons (Fsp3) is 0.174. The number of hydrogen-bond donors (Lipinski definition) is 1. The Morgan fingerprint density at radius 3 is 2.77 bits per heavy atom. The van der Waals surface area contributed by atoms with Gasteiger partial charge >= 0.3 is 0 Å². The van der Waals surface area contributed by atoms with Crippen LogP contribution < -0.4 is 4.74 Å². The van der Waals surface area contributed by atoms with Crippen LogP contribution in [0.2, 0.25) is 5.02 Å². The van der Waals surface area contributed by atoms with Crippen LogP contribution in [0.1, 0.15) is 21.6 Å². The van der Waals surface area contributed by atoms with E-state index in [4.69, 9.17) is 16.3 Å². The van der Waals surface area contributed by atoms with Crippen LogP contribution in [-0.4, -0.2) is 40.1 Å². The van der Waals surface area contributed by atoms with E-state index in [1.807, 2.05) is 19.1 Å². The lowest BCUT2D eigenvalue weighted by Crippen LogP contribution is -2.21. The smallest absolute Gasteiger partial charge is 0.253 e. The summed E-state index contributed by atoms with van der Waals surface area (Å²) in [6.07, 6.45) is 1.67. The van der Waals surface area contributed by atoms with E-state index in [1.54, 1.807) is 32.4 Å². The number of aromatic nitrogens is 3. The Labute approximate surface area is 183 Å². The molecule has 4 aromatic rings. The van der Waals surface area contributed by atoms with Crippen LogP contribution in [0.25, 0.3) is 22.2 Å². The van der Waals surface area contributed by atoms with Gasteiger partial charge in [0.05, 0.1) is 5.69 Å². The molecule has 0 unspecified atom stereocenters. The Bertz CT molecular complexity index is 1290. The molecule has 6 nitrogen and oxygen atoms in total. The zero-order valence-corrected chi connectivity index (χ0v) is 18.0. The average molecular weight is 439 g/mol. The van der Waals surface area contributed by atoms with Crippen molar-refractivity contribution in [3.8, 4) is 16.9 Å². The molecule has 8 heteroatoms. The number of ether oxygens (including phenoxy) is 1. The number of amides is 1. The van der Waals surface area contributed by atoms with Crippen LogP contribution >= 0.6 is 11.6 Å². The summed E-state index contributed by atoms with van der Waals surface area (Å²) in [7, 11) is 3.29. The molecular weight excluding hydrogens is 419 g/mol. The Morgan fingerprint density at radius 1 is 1.19 bits per heavy atom. The largest absolute Gasteiger partial charge is 0.487 e. The van der Waals surface area contributed by atoms with E-state index in [-0.39, 0.29) is 18.1 Å². The number of nitrogens with zero attached hydrogens (tertiary/aromatic N) is 3. The van der Waals surface area contributed by atoms with Crippen molar-refractivity contribution in [3.05, 3.63) is 76.3 Å². The van der Waals surface area contributed by atoms with Gasteiger partial charge in [0.2, 0.25) is 0 Å². The molecule has 0 saturated carbocycles. The van der Waals surface area contributed by atoms with Gasteiger partial charge in [-0.25, -0.2) is 9.37 Å². The number of hydrogen-bond acceptors (Lipinski definition) is 4. The molecule has 0 saturated heterocycles. The molecular formula is C23H20ClFN4O2. The second kappa shape index (κ2) is 8.35. The Morgan fingerprint density at radius 2 is 2.00 bits per heavy atom. The molecule has 2 aromatic carbocycles. The SMILES string of the molecule is Cc1cc(OCc2[nH]nc3ncccc23)c(-c2cc(C(=O)N(C)C)ccc2F)cc1Cl. The number of benzene rings is 2. The number of H-pyrrole nitrogens is 1. The summed E-state index contributed by atoms with van der Waals surface area (Å²) >= 11 is 6.34. The first-order valence-corrected chi connectivity index (χ1v) is 9.95. The molecule has 2 heterocycles. The van der Waals surface area contributed by atoms with Crippen LogP contribution in [0, 0.1) is 12.7 Å². The molecule has 1 N–H and O–H groups in total. The number of aromatic amines is 1. The highest BCUT2D eigenvalue weighted by Gasteiger charge is 2.18. The van der Waals surface area contributed by atoms with Crippen LogP contribution in [-0.2, 0) is 6.61 Å². The van der Waals surface area contributed by atoms with Crippen molar-refractivity contribution < 1.29 is 13.9 Å². The van der Waals surface area contributed by atoms with E-state index in [0.29, 0.717) is 27.5 Å². The second-order valence-electron chi connectivity index (χ2n) is 7.36. The first kappa shape index (κ1) is 20.8. The zero-order chi connectivity index (χ0) is 22.1. The standard InChI is InChI=1S/C23H20ClFN4O2/c1-13-9-21(31-12-20-15-5-4-8-26-22(15)28-27-20)17(11-18(13)24)16-10-14(6-7-19(16)25)23(30)29(2)3/h4-11H,12H2,1-3H3,(H,26,27,28). The van der Waals surface area contributed by atoms with Crippen LogP contribution in [0.4, 0.5) is 4.39 Å². The fourth-order valence-corrected chi connectivity index (χ4v) is 3.43. The van der Waals surface area contributed by atoms with Gasteiger partial charge in [-0.05, 0) is 55.0 Å². The molecule has 158 valence electrons. The van der Waals surface area contributed by atoms with Crippen molar-refractivity contribution in [2.75, 3.05) is 14.1 Å². The van der Waals surface area contributed by atoms with E-state index in [9.17, 15) is 9.18 Å². The first-order valence-electron chi connectivity index (χ1n) is 9.57. The molecule has 0 atom stereocenters. The summed E-state index contributed by atoms with van der Waals surface area (Å²) < 4.78 is 20.9. The first-order chi connectivity index (χ1) is 14.8. The van der Waals surface area contributed by atoms with Gasteiger partial charge in [-0.1, -0.05) is 11.6 Å². The van der Waals surface area contributed by atoms with E-state index >= 15 is 0 Å². The predicted octanol–water partition coefficient (Wildman–Crippen LogP) is 5.01. The van der Waals surface area contributed by atoms with Gasteiger partial charge in [0.1, 0.15) is 18.2 Å². The lowest BCUT2D eigenvalue weighted by Gasteiger charge is -2.16. The number of nitrogens with one attached hydrogen (secondary N) is 1. The monoisotopic (exact) mass is 438 g/mol. The summed E-state index contributed by atoms with van der Waals surface area (Å²) in [5, 5.41) is 8.42. The van der Waals surface area contributed by atoms with E-state index in [0.717, 1.165) is 16.6 Å². The summed E-state index contributed by atoms with van der Waals surface area (Å²) in [5.41, 5.74) is 3.20. The third-order valence-corrected chi connectivity index (χ3v) is 5.36. The summed E-state index contributed by atoms with van der Waals surface area (Å²) in [6.45, 7) is 2.02. The van der Waals surface area contributed by atoms with E-state index in [1.165, 1.54) is 23.1 Å². The van der Waals surface area contributed by atoms with Crippen LogP contribution in [0.3, 0.4) is 0 Å². The lowest BCUT2D eigenvalue weighted by atomic mass is 9.99. The Kier molecular flexibility index (Phi) is 5.61. The number of halogens is 2. The highest BCUT2D eigenvalue weighted by atomic mass is 35.5. The van der Waals surface area contributed by atoms with Gasteiger partial charge in [0.15, 0.2) is 5.65 Å². The second-order valence-corrected chi connectivity index (χ2v) is 7.76. The van der Waals surface area contributed by atoms with Crippen molar-refractivity contribution >= 4 is 28.5 Å². The number of aryl methyl sites for hydroxylation is 1. The molecule has 0 aliphatic rings. The molecule has 0 bridgehead atoms. The van der Waals surface area contributed by atoms with Gasteiger partial charge in [0, 0.05) is 47.4 Å². The average Bonchev–Trinajstić information content (AvgIpc) is 3.17. The van der Waals surface area contributed by atoms with E-state index in [2.05, 4.69) is 15.2 Å². The van der Waals surface area contributed by atoms with Crippen molar-refractivity contribution in [1.29, 1.82) is 0 Å². The number of fused-ring (bicyclic) bond motifs is 1. The van der Waals surface area contributed by atoms with Gasteiger partial charge < -0.3 is 9.64 Å². The van der Waals surface area contributed by atoms with Gasteiger partial charge in [-0.2, -0.15) is 5.10 Å². The third kappa shape index (κ3) is 4.09. The fourth-order valence-electron chi connectivity index (χ4n) is 3.27. The third-order valence-electron chi connectivity index (χ3n) is 4.95. The predicted molar refractivity (Wildman–Crippen MR) is 118 cm³/mol. The maximum absolute atomic E-state index is 14.8. The molecule has 31 heavy (non-hydrogen) atoms. The highest BCUT2D eigenvalue weighted by molar-refractivity contribution is 6.31. The van der Waals surface area contributed by atoms with Crippen molar-refractivity contribution in [2.45, 2.75) is 13.5 Å². The summed E-state index contributed by atoms with van der Waals surface area (Å²) in [4.78, 5) is 18.0. The van der Waals surface area contributed by atoms with Crippen LogP contribution in [0.5, 0.6) is 5.75 Å².